The van der Waals surface area contributed by atoms with E-state index >= 15 is 0 Å². The zero-order chi connectivity index (χ0) is 26.9. The molecule has 37 heavy (non-hydrogen) atoms. The summed E-state index contributed by atoms with van der Waals surface area (Å²) < 4.78 is 6.06. The number of rotatable bonds is 6. The number of non-ortho nitro benzene ring substituents is 1. The standard InChI is InChI=1S/C28H26N2O7/c1-28(2,3)37-22-10-5-4-7-19(22)16-29-24(17-11-13-21(31)14-12-17)23(26(33)27(29)34)25(32)18-8-6-9-20(15-18)30(35)36/h4-15,24,31-32H,16H2,1-3H3/b25-23-. The molecule has 1 amide bonds. The van der Waals surface area contributed by atoms with Crippen LogP contribution in [0.3, 0.4) is 0 Å². The van der Waals surface area contributed by atoms with Crippen LogP contribution >= 0.6 is 0 Å². The Hall–Kier alpha value is -4.66. The van der Waals surface area contributed by atoms with Gasteiger partial charge < -0.3 is 19.8 Å². The van der Waals surface area contributed by atoms with Crippen LogP contribution in [0, 0.1) is 10.1 Å². The van der Waals surface area contributed by atoms with E-state index in [1.165, 1.54) is 35.2 Å². The van der Waals surface area contributed by atoms with Crippen LogP contribution in [0.25, 0.3) is 5.76 Å². The van der Waals surface area contributed by atoms with Crippen LogP contribution in [0.1, 0.15) is 43.5 Å². The molecule has 0 aliphatic carbocycles. The topological polar surface area (TPSA) is 130 Å². The second-order valence-corrected chi connectivity index (χ2v) is 9.65. The molecular formula is C28H26N2O7. The maximum Gasteiger partial charge on any atom is 0.295 e. The van der Waals surface area contributed by atoms with Gasteiger partial charge >= 0.3 is 0 Å². The van der Waals surface area contributed by atoms with Crippen molar-refractivity contribution in [3.8, 4) is 11.5 Å². The summed E-state index contributed by atoms with van der Waals surface area (Å²) in [6.45, 7) is 5.68. The first-order valence-electron chi connectivity index (χ1n) is 11.6. The Morgan fingerprint density at radius 3 is 2.35 bits per heavy atom. The lowest BCUT2D eigenvalue weighted by molar-refractivity contribution is -0.384. The molecule has 1 atom stereocenters. The fourth-order valence-corrected chi connectivity index (χ4v) is 4.22. The van der Waals surface area contributed by atoms with Gasteiger partial charge in [-0.05, 0) is 44.5 Å². The number of phenols is 1. The van der Waals surface area contributed by atoms with E-state index in [9.17, 15) is 29.9 Å². The number of benzene rings is 3. The molecule has 0 aromatic heterocycles. The third kappa shape index (κ3) is 5.30. The lowest BCUT2D eigenvalue weighted by Crippen LogP contribution is -2.30. The number of likely N-dealkylation sites (tertiary alicyclic amines) is 1. The highest BCUT2D eigenvalue weighted by Crippen LogP contribution is 2.41. The lowest BCUT2D eigenvalue weighted by atomic mass is 9.95. The number of nitro benzene ring substituents is 1. The molecule has 9 heteroatoms. The quantitative estimate of drug-likeness (QED) is 0.158. The second kappa shape index (κ2) is 9.77. The first-order valence-corrected chi connectivity index (χ1v) is 11.6. The monoisotopic (exact) mass is 502 g/mol. The second-order valence-electron chi connectivity index (χ2n) is 9.65. The molecule has 1 heterocycles. The third-order valence-corrected chi connectivity index (χ3v) is 5.81. The molecule has 4 rings (SSSR count). The number of phenolic OH excluding ortho intramolecular Hbond substituents is 1. The molecule has 1 saturated heterocycles. The van der Waals surface area contributed by atoms with Crippen molar-refractivity contribution in [3.63, 3.8) is 0 Å². The van der Waals surface area contributed by atoms with Crippen LogP contribution in [0.5, 0.6) is 11.5 Å². The molecule has 0 saturated carbocycles. The van der Waals surface area contributed by atoms with Gasteiger partial charge in [-0.1, -0.05) is 42.5 Å². The lowest BCUT2D eigenvalue weighted by Gasteiger charge is -2.28. The van der Waals surface area contributed by atoms with Crippen LogP contribution < -0.4 is 4.74 Å². The van der Waals surface area contributed by atoms with Gasteiger partial charge in [0.2, 0.25) is 0 Å². The first kappa shape index (κ1) is 25.4. The van der Waals surface area contributed by atoms with Gasteiger partial charge in [-0.3, -0.25) is 19.7 Å². The number of carbonyl (C=O) groups excluding carboxylic acids is 2. The summed E-state index contributed by atoms with van der Waals surface area (Å²) in [6.07, 6.45) is 0. The third-order valence-electron chi connectivity index (χ3n) is 5.81. The fraction of sp³-hybridized carbons (Fsp3) is 0.214. The summed E-state index contributed by atoms with van der Waals surface area (Å²) in [5, 5.41) is 32.2. The number of ether oxygens (including phenoxy) is 1. The number of nitrogens with zero attached hydrogens (tertiary/aromatic N) is 2. The van der Waals surface area contributed by atoms with E-state index in [2.05, 4.69) is 0 Å². The molecule has 190 valence electrons. The summed E-state index contributed by atoms with van der Waals surface area (Å²) in [6, 6.07) is 17.3. The predicted octanol–water partition coefficient (Wildman–Crippen LogP) is 5.10. The van der Waals surface area contributed by atoms with E-state index in [0.717, 1.165) is 6.07 Å². The minimum Gasteiger partial charge on any atom is -0.508 e. The molecule has 3 aromatic carbocycles. The van der Waals surface area contributed by atoms with Crippen LogP contribution in [0.15, 0.2) is 78.4 Å². The van der Waals surface area contributed by atoms with Crippen molar-refractivity contribution in [2.75, 3.05) is 0 Å². The smallest absolute Gasteiger partial charge is 0.295 e. The van der Waals surface area contributed by atoms with Crippen molar-refractivity contribution in [1.29, 1.82) is 0 Å². The Morgan fingerprint density at radius 1 is 1.03 bits per heavy atom. The Labute approximate surface area is 213 Å². The van der Waals surface area contributed by atoms with Crippen molar-refractivity contribution in [1.82, 2.24) is 4.90 Å². The van der Waals surface area contributed by atoms with Gasteiger partial charge in [-0.2, -0.15) is 0 Å². The SMILES string of the molecule is CC(C)(C)Oc1ccccc1CN1C(=O)C(=O)/C(=C(\O)c2cccc([N+](=O)[O-])c2)C1c1ccc(O)cc1. The van der Waals surface area contributed by atoms with Gasteiger partial charge in [0.1, 0.15) is 22.9 Å². The normalized spacial score (nSPS) is 17.2. The van der Waals surface area contributed by atoms with Gasteiger partial charge in [-0.25, -0.2) is 0 Å². The van der Waals surface area contributed by atoms with Crippen LogP contribution in [-0.2, 0) is 16.1 Å². The minimum absolute atomic E-state index is 0.00587. The summed E-state index contributed by atoms with van der Waals surface area (Å²) in [4.78, 5) is 38.6. The molecule has 1 aliphatic rings. The summed E-state index contributed by atoms with van der Waals surface area (Å²) >= 11 is 0. The zero-order valence-electron chi connectivity index (χ0n) is 20.5. The Balaban J connectivity index is 1.86. The van der Waals surface area contributed by atoms with Crippen molar-refractivity contribution in [2.24, 2.45) is 0 Å². The van der Waals surface area contributed by atoms with Crippen LogP contribution in [-0.4, -0.2) is 37.3 Å². The average molecular weight is 503 g/mol. The number of carbonyl (C=O) groups is 2. The number of Topliss-reactive ketones (excluding diaryl/α,β-unsaturated/α-hetero) is 1. The molecule has 1 aliphatic heterocycles. The van der Waals surface area contributed by atoms with Gasteiger partial charge in [-0.15, -0.1) is 0 Å². The number of aromatic hydroxyl groups is 1. The van der Waals surface area contributed by atoms with Crippen molar-refractivity contribution in [2.45, 2.75) is 39.0 Å². The highest BCUT2D eigenvalue weighted by molar-refractivity contribution is 6.46. The predicted molar refractivity (Wildman–Crippen MR) is 136 cm³/mol. The summed E-state index contributed by atoms with van der Waals surface area (Å²) in [5.41, 5.74) is 0.171. The fourth-order valence-electron chi connectivity index (χ4n) is 4.22. The average Bonchev–Trinajstić information content (AvgIpc) is 3.09. The molecule has 3 aromatic rings. The molecule has 1 unspecified atom stereocenters. The van der Waals surface area contributed by atoms with Gasteiger partial charge in [0.25, 0.3) is 17.4 Å². The van der Waals surface area contributed by atoms with E-state index in [-0.39, 0.29) is 29.1 Å². The van der Waals surface area contributed by atoms with Crippen LogP contribution in [0.2, 0.25) is 0 Å². The number of para-hydroxylation sites is 1. The number of hydrogen-bond donors (Lipinski definition) is 2. The van der Waals surface area contributed by atoms with E-state index in [1.54, 1.807) is 36.4 Å². The number of ketones is 1. The Morgan fingerprint density at radius 2 is 1.70 bits per heavy atom. The Bertz CT molecular complexity index is 1400. The highest BCUT2D eigenvalue weighted by Gasteiger charge is 2.46. The molecular weight excluding hydrogens is 476 g/mol. The number of aliphatic hydroxyl groups excluding tert-OH is 1. The molecule has 0 bridgehead atoms. The van der Waals surface area contributed by atoms with Gasteiger partial charge in [0.15, 0.2) is 0 Å². The molecule has 0 spiro atoms. The summed E-state index contributed by atoms with van der Waals surface area (Å²) in [7, 11) is 0. The Kier molecular flexibility index (Phi) is 6.72. The molecule has 0 radical (unpaired) electrons. The van der Waals surface area contributed by atoms with E-state index in [1.807, 2.05) is 20.8 Å². The van der Waals surface area contributed by atoms with Crippen molar-refractivity contribution >= 4 is 23.1 Å². The minimum atomic E-state index is -1.01. The van der Waals surface area contributed by atoms with Gasteiger partial charge in [0, 0.05) is 23.3 Å². The van der Waals surface area contributed by atoms with E-state index in [0.29, 0.717) is 16.9 Å². The highest BCUT2D eigenvalue weighted by atomic mass is 16.6. The number of nitro groups is 1. The first-order chi connectivity index (χ1) is 17.5. The maximum absolute atomic E-state index is 13.3. The number of amides is 1. The van der Waals surface area contributed by atoms with E-state index in [4.69, 9.17) is 4.74 Å². The van der Waals surface area contributed by atoms with E-state index < -0.39 is 34.0 Å². The largest absolute Gasteiger partial charge is 0.508 e. The number of hydrogen-bond acceptors (Lipinski definition) is 7. The van der Waals surface area contributed by atoms with Crippen molar-refractivity contribution in [3.05, 3.63) is 105 Å². The molecule has 2 N–H and O–H groups in total. The maximum atomic E-state index is 13.3. The van der Waals surface area contributed by atoms with Crippen molar-refractivity contribution < 1.29 is 29.5 Å². The zero-order valence-corrected chi connectivity index (χ0v) is 20.5. The molecule has 9 nitrogen and oxygen atoms in total. The van der Waals surface area contributed by atoms with Crippen LogP contribution in [0.4, 0.5) is 5.69 Å². The summed E-state index contributed by atoms with van der Waals surface area (Å²) in [5.74, 6) is -1.75. The number of aliphatic hydroxyl groups is 1. The van der Waals surface area contributed by atoms with Gasteiger partial charge in [0.05, 0.1) is 23.1 Å². The molecule has 1 fully saturated rings.